The van der Waals surface area contributed by atoms with Crippen molar-refractivity contribution < 1.29 is 18.6 Å². The zero-order valence-electron chi connectivity index (χ0n) is 9.68. The lowest BCUT2D eigenvalue weighted by Crippen LogP contribution is -2.17. The van der Waals surface area contributed by atoms with Gasteiger partial charge in [-0.1, -0.05) is 0 Å². The van der Waals surface area contributed by atoms with Gasteiger partial charge in [-0.15, -0.1) is 0 Å². The maximum absolute atomic E-state index is 13.7. The molecule has 0 aliphatic carbocycles. The number of aryl methyl sites for hydroxylation is 2. The van der Waals surface area contributed by atoms with Gasteiger partial charge in [-0.2, -0.15) is 0 Å². The minimum atomic E-state index is -3.06. The summed E-state index contributed by atoms with van der Waals surface area (Å²) in [5, 5.41) is 8.63. The highest BCUT2D eigenvalue weighted by molar-refractivity contribution is 5.44. The second kappa shape index (κ2) is 4.78. The van der Waals surface area contributed by atoms with Gasteiger partial charge in [-0.05, 0) is 37.1 Å². The highest BCUT2D eigenvalue weighted by atomic mass is 19.3. The van der Waals surface area contributed by atoms with Crippen molar-refractivity contribution in [3.05, 3.63) is 28.8 Å². The van der Waals surface area contributed by atoms with E-state index in [0.29, 0.717) is 0 Å². The Morgan fingerprint density at radius 1 is 1.25 bits per heavy atom. The molecular formula is C12H16F2O2. The molecule has 2 nitrogen and oxygen atoms in total. The fourth-order valence-corrected chi connectivity index (χ4v) is 1.52. The molecule has 1 aromatic carbocycles. The van der Waals surface area contributed by atoms with Gasteiger partial charge < -0.3 is 9.84 Å². The summed E-state index contributed by atoms with van der Waals surface area (Å²) >= 11 is 0. The molecule has 0 atom stereocenters. The molecule has 90 valence electrons. The minimum absolute atomic E-state index is 0.160. The van der Waals surface area contributed by atoms with E-state index < -0.39 is 19.0 Å². The largest absolute Gasteiger partial charge is 0.496 e. The highest BCUT2D eigenvalue weighted by Crippen LogP contribution is 2.38. The van der Waals surface area contributed by atoms with Gasteiger partial charge in [0.2, 0.25) is 0 Å². The molecule has 4 heteroatoms. The average Bonchev–Trinajstić information content (AvgIpc) is 2.21. The van der Waals surface area contributed by atoms with Crippen molar-refractivity contribution in [1.29, 1.82) is 0 Å². The van der Waals surface area contributed by atoms with Crippen molar-refractivity contribution in [2.45, 2.75) is 26.2 Å². The highest BCUT2D eigenvalue weighted by Gasteiger charge is 2.34. The second-order valence-electron chi connectivity index (χ2n) is 3.81. The van der Waals surface area contributed by atoms with Crippen molar-refractivity contribution in [2.75, 3.05) is 13.7 Å². The molecule has 0 bridgehead atoms. The summed E-state index contributed by atoms with van der Waals surface area (Å²) in [7, 11) is 1.36. The first-order valence-electron chi connectivity index (χ1n) is 5.06. The first-order valence-corrected chi connectivity index (χ1v) is 5.06. The first kappa shape index (κ1) is 12.9. The van der Waals surface area contributed by atoms with Gasteiger partial charge >= 0.3 is 0 Å². The Balaban J connectivity index is 3.26. The van der Waals surface area contributed by atoms with Crippen molar-refractivity contribution in [1.82, 2.24) is 0 Å². The molecular weight excluding hydrogens is 214 g/mol. The number of methoxy groups -OCH3 is 1. The van der Waals surface area contributed by atoms with Crippen LogP contribution in [-0.4, -0.2) is 18.8 Å². The second-order valence-corrected chi connectivity index (χ2v) is 3.81. The lowest BCUT2D eigenvalue weighted by Gasteiger charge is -2.20. The number of aliphatic hydroxyl groups excluding tert-OH is 1. The Kier molecular flexibility index (Phi) is 3.86. The number of benzene rings is 1. The zero-order valence-corrected chi connectivity index (χ0v) is 9.68. The summed E-state index contributed by atoms with van der Waals surface area (Å²) in [5.41, 5.74) is 1.53. The fraction of sp³-hybridized carbons (Fsp3) is 0.500. The summed E-state index contributed by atoms with van der Waals surface area (Å²) in [5.74, 6) is -2.89. The molecule has 0 aliphatic rings. The molecule has 0 heterocycles. The van der Waals surface area contributed by atoms with Crippen LogP contribution in [0.5, 0.6) is 5.75 Å². The molecule has 0 saturated heterocycles. The maximum Gasteiger partial charge on any atom is 0.279 e. The molecule has 0 spiro atoms. The predicted octanol–water partition coefficient (Wildman–Crippen LogP) is 2.79. The van der Waals surface area contributed by atoms with Crippen LogP contribution in [0.1, 0.15) is 23.1 Å². The average molecular weight is 230 g/mol. The van der Waals surface area contributed by atoms with Gasteiger partial charge in [0.1, 0.15) is 5.75 Å². The normalized spacial score (nSPS) is 11.6. The van der Waals surface area contributed by atoms with Crippen molar-refractivity contribution in [3.63, 3.8) is 0 Å². The van der Waals surface area contributed by atoms with Crippen LogP contribution < -0.4 is 4.74 Å². The molecule has 1 aromatic rings. The van der Waals surface area contributed by atoms with E-state index in [2.05, 4.69) is 0 Å². The van der Waals surface area contributed by atoms with Crippen LogP contribution in [0, 0.1) is 13.8 Å². The van der Waals surface area contributed by atoms with Gasteiger partial charge in [0.05, 0.1) is 12.7 Å². The van der Waals surface area contributed by atoms with Gasteiger partial charge in [-0.3, -0.25) is 0 Å². The molecule has 1 N–H and O–H groups in total. The minimum Gasteiger partial charge on any atom is -0.496 e. The Labute approximate surface area is 93.9 Å². The van der Waals surface area contributed by atoms with Crippen LogP contribution >= 0.6 is 0 Å². The number of aliphatic hydroxyl groups is 1. The van der Waals surface area contributed by atoms with Crippen molar-refractivity contribution >= 4 is 0 Å². The van der Waals surface area contributed by atoms with Crippen LogP contribution in [0.2, 0.25) is 0 Å². The third-order valence-corrected chi connectivity index (χ3v) is 2.64. The third kappa shape index (κ3) is 2.50. The topological polar surface area (TPSA) is 29.5 Å². The van der Waals surface area contributed by atoms with E-state index in [9.17, 15) is 8.78 Å². The van der Waals surface area contributed by atoms with Crippen LogP contribution in [0.4, 0.5) is 8.78 Å². The van der Waals surface area contributed by atoms with E-state index in [0.717, 1.165) is 11.1 Å². The molecule has 0 aromatic heterocycles. The predicted molar refractivity (Wildman–Crippen MR) is 58.1 cm³/mol. The Morgan fingerprint density at radius 2 is 1.81 bits per heavy atom. The molecule has 0 unspecified atom stereocenters. The van der Waals surface area contributed by atoms with E-state index in [-0.39, 0.29) is 11.3 Å². The number of alkyl halides is 2. The quantitative estimate of drug-likeness (QED) is 0.861. The van der Waals surface area contributed by atoms with Crippen LogP contribution in [0.15, 0.2) is 12.1 Å². The zero-order chi connectivity index (χ0) is 12.3. The number of rotatable bonds is 4. The molecule has 0 radical (unpaired) electrons. The summed E-state index contributed by atoms with van der Waals surface area (Å²) < 4.78 is 32.3. The molecule has 0 amide bonds. The van der Waals surface area contributed by atoms with Crippen molar-refractivity contribution in [2.24, 2.45) is 0 Å². The number of halogens is 2. The van der Waals surface area contributed by atoms with Gasteiger partial charge in [0.15, 0.2) is 0 Å². The first-order chi connectivity index (χ1) is 7.42. The third-order valence-electron chi connectivity index (χ3n) is 2.64. The maximum atomic E-state index is 13.7. The van der Waals surface area contributed by atoms with Crippen LogP contribution in [0.25, 0.3) is 0 Å². The summed E-state index contributed by atoms with van der Waals surface area (Å²) in [6.07, 6.45) is -0.591. The van der Waals surface area contributed by atoms with Crippen LogP contribution in [-0.2, 0) is 5.92 Å². The molecule has 16 heavy (non-hydrogen) atoms. The summed E-state index contributed by atoms with van der Waals surface area (Å²) in [4.78, 5) is 0. The van der Waals surface area contributed by atoms with Gasteiger partial charge in [-0.25, -0.2) is 8.78 Å². The lowest BCUT2D eigenvalue weighted by molar-refractivity contribution is -0.0288. The van der Waals surface area contributed by atoms with E-state index >= 15 is 0 Å². The van der Waals surface area contributed by atoms with Crippen molar-refractivity contribution in [3.8, 4) is 5.75 Å². The number of ether oxygens (including phenoxy) is 1. The molecule has 1 rings (SSSR count). The van der Waals surface area contributed by atoms with E-state index in [1.54, 1.807) is 13.0 Å². The molecule has 0 aliphatic heterocycles. The van der Waals surface area contributed by atoms with E-state index in [1.165, 1.54) is 13.2 Å². The molecule has 0 fully saturated rings. The Morgan fingerprint density at radius 3 is 2.31 bits per heavy atom. The van der Waals surface area contributed by atoms with Gasteiger partial charge in [0.25, 0.3) is 5.92 Å². The smallest absolute Gasteiger partial charge is 0.279 e. The summed E-state index contributed by atoms with van der Waals surface area (Å²) in [6, 6.07) is 3.01. The van der Waals surface area contributed by atoms with E-state index in [4.69, 9.17) is 9.84 Å². The van der Waals surface area contributed by atoms with Crippen LogP contribution in [0.3, 0.4) is 0 Å². The number of hydrogen-bond donors (Lipinski definition) is 1. The monoisotopic (exact) mass is 230 g/mol. The Bertz CT molecular complexity index is 376. The fourth-order valence-electron chi connectivity index (χ4n) is 1.52. The standard InChI is InChI=1S/C12H16F2O2/c1-8-6-10(12(13,14)4-5-15)11(16-3)7-9(8)2/h6-7,15H,4-5H2,1-3H3. The SMILES string of the molecule is COc1cc(C)c(C)cc1C(F)(F)CCO. The molecule has 0 saturated carbocycles. The van der Waals surface area contributed by atoms with E-state index in [1.807, 2.05) is 6.92 Å². The number of hydrogen-bond acceptors (Lipinski definition) is 2. The summed E-state index contributed by atoms with van der Waals surface area (Å²) in [6.45, 7) is 3.06. The van der Waals surface area contributed by atoms with Gasteiger partial charge in [0, 0.05) is 13.0 Å². The Hall–Kier alpha value is -1.16. The lowest BCUT2D eigenvalue weighted by atomic mass is 9.99.